The number of nitrogens with zero attached hydrogens (tertiary/aromatic N) is 2. The average molecular weight is 709 g/mol. The topological polar surface area (TPSA) is 88.5 Å². The minimum atomic E-state index is -4.81. The van der Waals surface area contributed by atoms with Gasteiger partial charge in [0.1, 0.15) is 11.8 Å². The molecule has 1 N–H and O–H groups in total. The monoisotopic (exact) mass is 707 g/mol. The number of anilines is 2. The number of halogens is 5. The quantitative estimate of drug-likeness (QED) is 0.231. The molecule has 2 aliphatic heterocycles. The summed E-state index contributed by atoms with van der Waals surface area (Å²) in [4.78, 5) is 54.6. The van der Waals surface area contributed by atoms with E-state index in [9.17, 15) is 32.3 Å². The number of hydrogen-bond donors (Lipinski definition) is 1. The molecule has 1 fully saturated rings. The molecule has 1 aromatic heterocycles. The average Bonchev–Trinajstić information content (AvgIpc) is 3.39. The number of benzene rings is 3. The van der Waals surface area contributed by atoms with Gasteiger partial charge in [-0.2, -0.15) is 13.2 Å². The normalized spacial score (nSPS) is 19.7. The van der Waals surface area contributed by atoms with Crippen LogP contribution in [-0.2, 0) is 27.1 Å². The van der Waals surface area contributed by atoms with Crippen LogP contribution in [0, 0.1) is 5.92 Å². The molecule has 43 heavy (non-hydrogen) atoms. The highest BCUT2D eigenvalue weighted by atomic mass is 79.9. The van der Waals surface area contributed by atoms with Crippen molar-refractivity contribution in [3.63, 3.8) is 0 Å². The molecule has 0 saturated carbocycles. The molecule has 14 heteroatoms. The minimum absolute atomic E-state index is 0.319. The number of fused-ring (bicyclic) bond motifs is 2. The van der Waals surface area contributed by atoms with Gasteiger partial charge in [0.2, 0.25) is 17.7 Å². The van der Waals surface area contributed by atoms with Crippen molar-refractivity contribution in [1.29, 1.82) is 0 Å². The first-order chi connectivity index (χ1) is 20.4. The zero-order chi connectivity index (χ0) is 30.6. The van der Waals surface area contributed by atoms with E-state index < -0.39 is 57.1 Å². The van der Waals surface area contributed by atoms with Gasteiger partial charge in [-0.3, -0.25) is 23.7 Å². The summed E-state index contributed by atoms with van der Waals surface area (Å²) in [6, 6.07) is 17.8. The second kappa shape index (κ2) is 11.3. The molecule has 3 amide bonds. The number of hydrogen-bond acceptors (Lipinski definition) is 6. The van der Waals surface area contributed by atoms with Gasteiger partial charge in [0.05, 0.1) is 22.2 Å². The first-order valence-electron chi connectivity index (χ1n) is 12.7. The van der Waals surface area contributed by atoms with Gasteiger partial charge in [-0.05, 0) is 54.1 Å². The fraction of sp³-hybridized carbons (Fsp3) is 0.172. The van der Waals surface area contributed by atoms with Crippen LogP contribution in [-0.4, -0.2) is 27.5 Å². The maximum atomic E-state index is 14.0. The van der Waals surface area contributed by atoms with Crippen LogP contribution in [0.3, 0.4) is 0 Å². The second-order valence-electron chi connectivity index (χ2n) is 9.80. The van der Waals surface area contributed by atoms with Gasteiger partial charge in [-0.1, -0.05) is 74.9 Å². The number of rotatable bonds is 5. The molecule has 3 atom stereocenters. The lowest BCUT2D eigenvalue weighted by molar-refractivity contribution is -0.137. The third-order valence-electron chi connectivity index (χ3n) is 7.14. The first-order valence-corrected chi connectivity index (χ1v) is 15.6. The molecule has 3 heterocycles. The Morgan fingerprint density at radius 1 is 0.977 bits per heavy atom. The molecule has 220 valence electrons. The third kappa shape index (κ3) is 5.43. The maximum absolute atomic E-state index is 14.0. The number of thioether (sulfide) groups is 1. The Morgan fingerprint density at radius 2 is 1.70 bits per heavy atom. The number of aromatic nitrogens is 1. The lowest BCUT2D eigenvalue weighted by atomic mass is 9.83. The Morgan fingerprint density at radius 3 is 2.40 bits per heavy atom. The van der Waals surface area contributed by atoms with E-state index in [-0.39, 0.29) is 6.54 Å². The highest BCUT2D eigenvalue weighted by Crippen LogP contribution is 2.54. The Labute approximate surface area is 263 Å². The summed E-state index contributed by atoms with van der Waals surface area (Å²) in [5.74, 6) is -4.03. The molecule has 3 aromatic carbocycles. The molecule has 7 nitrogen and oxygen atoms in total. The molecule has 3 unspecified atom stereocenters. The molecule has 0 radical (unpaired) electrons. The van der Waals surface area contributed by atoms with Gasteiger partial charge in [0, 0.05) is 26.0 Å². The molecular formula is C29H18BrClF3N3O4S2. The number of thiazole rings is 1. The van der Waals surface area contributed by atoms with Crippen LogP contribution in [0.5, 0.6) is 0 Å². The summed E-state index contributed by atoms with van der Waals surface area (Å²) in [5.41, 5.74) is -0.597. The number of nitrogens with one attached hydrogen (secondary N) is 1. The molecule has 2 aliphatic rings. The van der Waals surface area contributed by atoms with Crippen molar-refractivity contribution < 1.29 is 27.6 Å². The van der Waals surface area contributed by atoms with Crippen molar-refractivity contribution in [3.8, 4) is 0 Å². The van der Waals surface area contributed by atoms with E-state index in [1.54, 1.807) is 48.5 Å². The largest absolute Gasteiger partial charge is 0.418 e. The van der Waals surface area contributed by atoms with Gasteiger partial charge in [-0.25, -0.2) is 4.90 Å². The van der Waals surface area contributed by atoms with Crippen molar-refractivity contribution in [2.24, 2.45) is 5.92 Å². The molecule has 1 saturated heterocycles. The predicted molar refractivity (Wildman–Crippen MR) is 162 cm³/mol. The number of amides is 3. The van der Waals surface area contributed by atoms with E-state index in [0.717, 1.165) is 35.2 Å². The van der Waals surface area contributed by atoms with Crippen molar-refractivity contribution in [2.75, 3.05) is 10.2 Å². The zero-order valence-electron chi connectivity index (χ0n) is 21.6. The van der Waals surface area contributed by atoms with Gasteiger partial charge in [-0.15, -0.1) is 0 Å². The lowest BCUT2D eigenvalue weighted by Crippen LogP contribution is -2.33. The maximum Gasteiger partial charge on any atom is 0.418 e. The number of alkyl halides is 3. The van der Waals surface area contributed by atoms with E-state index in [1.807, 2.05) is 0 Å². The van der Waals surface area contributed by atoms with E-state index >= 15 is 0 Å². The SMILES string of the molecule is O=C(Cn1c2c(sc1=O)C(c1cccc(Br)c1)C1C(=O)N(c3ccccc3C(F)(F)F)C(=O)C1S2)Nc1ccc(Cl)cc1. The van der Waals surface area contributed by atoms with Gasteiger partial charge in [0.15, 0.2) is 0 Å². The minimum Gasteiger partial charge on any atom is -0.325 e. The highest BCUT2D eigenvalue weighted by Gasteiger charge is 2.57. The van der Waals surface area contributed by atoms with Gasteiger partial charge < -0.3 is 5.32 Å². The highest BCUT2D eigenvalue weighted by molar-refractivity contribution is 9.10. The summed E-state index contributed by atoms with van der Waals surface area (Å²) in [5, 5.41) is 2.36. The molecule has 6 rings (SSSR count). The lowest BCUT2D eigenvalue weighted by Gasteiger charge is -2.30. The summed E-state index contributed by atoms with van der Waals surface area (Å²) in [6.45, 7) is -0.383. The van der Waals surface area contributed by atoms with Crippen LogP contribution in [0.4, 0.5) is 24.5 Å². The Balaban J connectivity index is 1.43. The van der Waals surface area contributed by atoms with Crippen LogP contribution >= 0.6 is 50.6 Å². The number of para-hydroxylation sites is 1. The number of carbonyl (C=O) groups excluding carboxylic acids is 3. The van der Waals surface area contributed by atoms with Crippen LogP contribution < -0.4 is 15.1 Å². The van der Waals surface area contributed by atoms with Gasteiger partial charge >= 0.3 is 11.0 Å². The van der Waals surface area contributed by atoms with Crippen molar-refractivity contribution in [3.05, 3.63) is 108 Å². The summed E-state index contributed by atoms with van der Waals surface area (Å²) in [7, 11) is 0. The zero-order valence-corrected chi connectivity index (χ0v) is 25.6. The van der Waals surface area contributed by atoms with Crippen LogP contribution in [0.25, 0.3) is 0 Å². The summed E-state index contributed by atoms with van der Waals surface area (Å²) < 4.78 is 43.7. The predicted octanol–water partition coefficient (Wildman–Crippen LogP) is 6.78. The van der Waals surface area contributed by atoms with E-state index in [0.29, 0.717) is 35.5 Å². The fourth-order valence-electron chi connectivity index (χ4n) is 5.34. The molecular weight excluding hydrogens is 691 g/mol. The smallest absolute Gasteiger partial charge is 0.325 e. The van der Waals surface area contributed by atoms with Crippen LogP contribution in [0.2, 0.25) is 5.02 Å². The third-order valence-corrected chi connectivity index (χ3v) is 10.5. The summed E-state index contributed by atoms with van der Waals surface area (Å²) in [6.07, 6.45) is -4.81. The van der Waals surface area contributed by atoms with E-state index in [1.165, 1.54) is 16.7 Å². The van der Waals surface area contributed by atoms with E-state index in [2.05, 4.69) is 21.2 Å². The van der Waals surface area contributed by atoms with Crippen molar-refractivity contribution >= 4 is 79.7 Å². The second-order valence-corrected chi connectivity index (χ2v) is 13.3. The van der Waals surface area contributed by atoms with Crippen molar-refractivity contribution in [2.45, 2.75) is 28.9 Å². The van der Waals surface area contributed by atoms with Crippen LogP contribution in [0.15, 0.2) is 87.1 Å². The van der Waals surface area contributed by atoms with Crippen LogP contribution in [0.1, 0.15) is 21.9 Å². The van der Waals surface area contributed by atoms with Crippen molar-refractivity contribution in [1.82, 2.24) is 4.57 Å². The Bertz CT molecular complexity index is 1840. The fourth-order valence-corrected chi connectivity index (χ4v) is 8.65. The Kier molecular flexibility index (Phi) is 7.78. The molecule has 0 spiro atoms. The molecule has 4 aromatic rings. The van der Waals surface area contributed by atoms with Gasteiger partial charge in [0.25, 0.3) is 0 Å². The van der Waals surface area contributed by atoms with E-state index in [4.69, 9.17) is 11.6 Å². The molecule has 0 aliphatic carbocycles. The number of imide groups is 1. The standard InChI is InChI=1S/C29H18BrClF3N3O4S2/c30-15-5-3-4-14(12-15)21-22-23(26(40)37(25(22)39)19-7-2-1-6-18(19)29(32,33)34)42-27-24(21)43-28(41)36(27)13-20(38)35-17-10-8-16(31)9-11-17/h1-12,21-23H,13H2,(H,35,38). The Hall–Kier alpha value is -3.39. The summed E-state index contributed by atoms with van der Waals surface area (Å²) >= 11 is 11.1. The first kappa shape index (κ1) is 29.7. The molecule has 0 bridgehead atoms. The number of carbonyl (C=O) groups is 3.